The fraction of sp³-hybridized carbons (Fsp3) is 0.389. The number of rotatable bonds is 3. The lowest BCUT2D eigenvalue weighted by Crippen LogP contribution is -1.95. The first-order chi connectivity index (χ1) is 8.73. The quantitative estimate of drug-likeness (QED) is 0.701. The number of hydrogen-bond acceptors (Lipinski definition) is 1. The highest BCUT2D eigenvalue weighted by molar-refractivity contribution is 5.86. The van der Waals surface area contributed by atoms with Crippen LogP contribution >= 0.6 is 0 Å². The minimum Gasteiger partial charge on any atom is -0.298 e. The Hall–Kier alpha value is -1.63. The fourth-order valence-electron chi connectivity index (χ4n) is 2.99. The second-order valence-electron chi connectivity index (χ2n) is 6.52. The molecule has 1 aliphatic rings. The molecular formula is C18H22O. The van der Waals surface area contributed by atoms with Crippen LogP contribution in [0, 0.1) is 10.8 Å². The highest BCUT2D eigenvalue weighted by atomic mass is 16.1. The Kier molecular flexibility index (Phi) is 3.04. The molecule has 1 saturated carbocycles. The Morgan fingerprint density at radius 1 is 1.05 bits per heavy atom. The molecule has 0 N–H and O–H groups in total. The van der Waals surface area contributed by atoms with Gasteiger partial charge in [-0.3, -0.25) is 4.79 Å². The highest BCUT2D eigenvalue weighted by Gasteiger charge is 2.61. The van der Waals surface area contributed by atoms with E-state index in [1.807, 2.05) is 24.3 Å². The number of carbonyl (C=O) groups excluding carboxylic acids is 1. The van der Waals surface area contributed by atoms with Gasteiger partial charge in [0.25, 0.3) is 0 Å². The molecule has 1 heteroatoms. The van der Waals surface area contributed by atoms with Crippen LogP contribution in [0.5, 0.6) is 0 Å². The lowest BCUT2D eigenvalue weighted by atomic mass is 9.95. The largest absolute Gasteiger partial charge is 0.298 e. The van der Waals surface area contributed by atoms with Gasteiger partial charge in [0.2, 0.25) is 0 Å². The third-order valence-corrected chi connectivity index (χ3v) is 4.76. The summed E-state index contributed by atoms with van der Waals surface area (Å²) in [6.45, 7) is 15.3. The van der Waals surface area contributed by atoms with Gasteiger partial charge in [-0.1, -0.05) is 64.1 Å². The van der Waals surface area contributed by atoms with Gasteiger partial charge in [-0.2, -0.15) is 0 Å². The zero-order valence-electron chi connectivity index (χ0n) is 12.5. The van der Waals surface area contributed by atoms with Crippen molar-refractivity contribution < 1.29 is 4.79 Å². The maximum atomic E-state index is 10.7. The smallest absolute Gasteiger partial charge is 0.150 e. The van der Waals surface area contributed by atoms with E-state index in [1.165, 1.54) is 11.1 Å². The van der Waals surface area contributed by atoms with Crippen molar-refractivity contribution in [3.63, 3.8) is 0 Å². The van der Waals surface area contributed by atoms with Crippen LogP contribution in [0.4, 0.5) is 0 Å². The average molecular weight is 254 g/mol. The summed E-state index contributed by atoms with van der Waals surface area (Å²) in [5.41, 5.74) is 6.11. The van der Waals surface area contributed by atoms with E-state index in [2.05, 4.69) is 41.2 Å². The Bertz CT molecular complexity index is 552. The first kappa shape index (κ1) is 13.8. The monoisotopic (exact) mass is 254 g/mol. The van der Waals surface area contributed by atoms with Crippen LogP contribution in [0.1, 0.15) is 50.5 Å². The summed E-state index contributed by atoms with van der Waals surface area (Å²) in [5, 5.41) is 0. The molecule has 0 aromatic heterocycles. The van der Waals surface area contributed by atoms with Crippen molar-refractivity contribution in [3.05, 3.63) is 53.1 Å². The van der Waals surface area contributed by atoms with Crippen molar-refractivity contribution in [1.29, 1.82) is 0 Å². The molecule has 0 bridgehead atoms. The topological polar surface area (TPSA) is 17.1 Å². The molecule has 2 rings (SSSR count). The minimum atomic E-state index is 0.213. The predicted octanol–water partition coefficient (Wildman–Crippen LogP) is 4.89. The van der Waals surface area contributed by atoms with Gasteiger partial charge in [-0.25, -0.2) is 0 Å². The number of benzene rings is 1. The molecule has 19 heavy (non-hydrogen) atoms. The standard InChI is InChI=1S/C18H22O/c1-12(2)15(16-17(3,4)18(16,5)6)14-9-7-13(11-19)8-10-14/h7-11H,1H2,2-6H3. The summed E-state index contributed by atoms with van der Waals surface area (Å²) >= 11 is 0. The SMILES string of the molecule is C=C(C)C(=C1C(C)(C)C1(C)C)c1ccc(C=O)cc1. The van der Waals surface area contributed by atoms with Crippen LogP contribution in [0.25, 0.3) is 5.57 Å². The second-order valence-corrected chi connectivity index (χ2v) is 6.52. The number of carbonyl (C=O) groups is 1. The van der Waals surface area contributed by atoms with E-state index in [9.17, 15) is 4.79 Å². The summed E-state index contributed by atoms with van der Waals surface area (Å²) in [6.07, 6.45) is 0.877. The number of aldehydes is 1. The summed E-state index contributed by atoms with van der Waals surface area (Å²) < 4.78 is 0. The first-order valence-electron chi connectivity index (χ1n) is 6.70. The molecule has 100 valence electrons. The van der Waals surface area contributed by atoms with Crippen molar-refractivity contribution in [2.75, 3.05) is 0 Å². The van der Waals surface area contributed by atoms with Gasteiger partial charge in [0.05, 0.1) is 0 Å². The summed E-state index contributed by atoms with van der Waals surface area (Å²) in [6, 6.07) is 7.78. The predicted molar refractivity (Wildman–Crippen MR) is 81.1 cm³/mol. The average Bonchev–Trinajstić information content (AvgIpc) is 2.73. The van der Waals surface area contributed by atoms with E-state index in [4.69, 9.17) is 0 Å². The first-order valence-corrected chi connectivity index (χ1v) is 6.70. The summed E-state index contributed by atoms with van der Waals surface area (Å²) in [4.78, 5) is 10.7. The van der Waals surface area contributed by atoms with Gasteiger partial charge in [-0.15, -0.1) is 0 Å². The van der Waals surface area contributed by atoms with Crippen molar-refractivity contribution in [1.82, 2.24) is 0 Å². The molecule has 0 spiro atoms. The van der Waals surface area contributed by atoms with Crippen LogP contribution in [-0.2, 0) is 0 Å². The summed E-state index contributed by atoms with van der Waals surface area (Å²) in [5.74, 6) is 0. The van der Waals surface area contributed by atoms with E-state index in [0.29, 0.717) is 5.56 Å². The van der Waals surface area contributed by atoms with Gasteiger partial charge in [0, 0.05) is 5.56 Å². The van der Waals surface area contributed by atoms with Crippen LogP contribution in [0.3, 0.4) is 0 Å². The zero-order valence-corrected chi connectivity index (χ0v) is 12.5. The molecule has 0 radical (unpaired) electrons. The highest BCUT2D eigenvalue weighted by Crippen LogP contribution is 2.70. The molecular weight excluding hydrogens is 232 g/mol. The van der Waals surface area contributed by atoms with E-state index < -0.39 is 0 Å². The van der Waals surface area contributed by atoms with E-state index in [1.54, 1.807) is 0 Å². The van der Waals surface area contributed by atoms with Crippen molar-refractivity contribution in [3.8, 4) is 0 Å². The van der Waals surface area contributed by atoms with Gasteiger partial charge >= 0.3 is 0 Å². The van der Waals surface area contributed by atoms with Crippen LogP contribution in [0.2, 0.25) is 0 Å². The third kappa shape index (κ3) is 1.98. The molecule has 1 fully saturated rings. The Balaban J connectivity index is 2.58. The molecule has 0 heterocycles. The Morgan fingerprint density at radius 2 is 1.53 bits per heavy atom. The number of allylic oxidation sites excluding steroid dienone is 3. The van der Waals surface area contributed by atoms with Gasteiger partial charge in [0.15, 0.2) is 0 Å². The van der Waals surface area contributed by atoms with Crippen molar-refractivity contribution in [2.45, 2.75) is 34.6 Å². The minimum absolute atomic E-state index is 0.213. The Labute approximate surface area is 116 Å². The van der Waals surface area contributed by atoms with Gasteiger partial charge < -0.3 is 0 Å². The summed E-state index contributed by atoms with van der Waals surface area (Å²) in [7, 11) is 0. The van der Waals surface area contributed by atoms with Crippen molar-refractivity contribution >= 4 is 11.9 Å². The molecule has 0 saturated heterocycles. The molecule has 0 amide bonds. The zero-order chi connectivity index (χ0) is 14.4. The maximum absolute atomic E-state index is 10.7. The lowest BCUT2D eigenvalue weighted by molar-refractivity contribution is 0.112. The fourth-order valence-corrected chi connectivity index (χ4v) is 2.99. The van der Waals surface area contributed by atoms with E-state index in [-0.39, 0.29) is 10.8 Å². The molecule has 0 aliphatic heterocycles. The van der Waals surface area contributed by atoms with Crippen LogP contribution in [-0.4, -0.2) is 6.29 Å². The lowest BCUT2D eigenvalue weighted by Gasteiger charge is -2.09. The molecule has 0 unspecified atom stereocenters. The Morgan fingerprint density at radius 3 is 1.84 bits per heavy atom. The molecule has 1 nitrogen and oxygen atoms in total. The van der Waals surface area contributed by atoms with Gasteiger partial charge in [0.1, 0.15) is 6.29 Å². The molecule has 0 atom stereocenters. The van der Waals surface area contributed by atoms with Crippen LogP contribution < -0.4 is 0 Å². The second kappa shape index (κ2) is 4.19. The van der Waals surface area contributed by atoms with Crippen molar-refractivity contribution in [2.24, 2.45) is 10.8 Å². The van der Waals surface area contributed by atoms with Gasteiger partial charge in [-0.05, 0) is 34.5 Å². The molecule has 1 aromatic carbocycles. The normalized spacial score (nSPS) is 18.9. The third-order valence-electron chi connectivity index (χ3n) is 4.76. The number of hydrogen-bond donors (Lipinski definition) is 0. The molecule has 1 aliphatic carbocycles. The molecule has 1 aromatic rings. The van der Waals surface area contributed by atoms with E-state index >= 15 is 0 Å². The van der Waals surface area contributed by atoms with Crippen LogP contribution in [0.15, 0.2) is 42.0 Å². The van der Waals surface area contributed by atoms with E-state index in [0.717, 1.165) is 17.4 Å². The maximum Gasteiger partial charge on any atom is 0.150 e.